The molecule has 158 valence electrons. The lowest BCUT2D eigenvalue weighted by atomic mass is 10.1. The van der Waals surface area contributed by atoms with Crippen molar-refractivity contribution in [3.05, 3.63) is 88.6 Å². The second kappa shape index (κ2) is 9.57. The molecule has 0 bridgehead atoms. The number of aromatic nitrogens is 1. The zero-order valence-electron chi connectivity index (χ0n) is 17.0. The summed E-state index contributed by atoms with van der Waals surface area (Å²) in [5.41, 5.74) is 3.06. The highest BCUT2D eigenvalue weighted by Crippen LogP contribution is 2.39. The van der Waals surface area contributed by atoms with E-state index >= 15 is 0 Å². The third kappa shape index (κ3) is 4.83. The quantitative estimate of drug-likeness (QED) is 0.517. The van der Waals surface area contributed by atoms with Crippen molar-refractivity contribution in [2.24, 2.45) is 0 Å². The summed E-state index contributed by atoms with van der Waals surface area (Å²) in [5.74, 6) is 0.241. The Bertz CT molecular complexity index is 1090. The molecule has 7 heteroatoms. The first-order valence-corrected chi connectivity index (χ1v) is 10.9. The molecule has 0 atom stereocenters. The maximum absolute atomic E-state index is 13.0. The van der Waals surface area contributed by atoms with E-state index in [1.54, 1.807) is 42.7 Å². The van der Waals surface area contributed by atoms with Gasteiger partial charge in [0.25, 0.3) is 11.8 Å². The van der Waals surface area contributed by atoms with Gasteiger partial charge in [-0.3, -0.25) is 14.6 Å². The van der Waals surface area contributed by atoms with E-state index in [0.717, 1.165) is 30.4 Å². The number of hydrogen-bond acceptors (Lipinski definition) is 5. The van der Waals surface area contributed by atoms with Gasteiger partial charge in [-0.2, -0.15) is 0 Å². The fourth-order valence-corrected chi connectivity index (χ4v) is 4.82. The third-order valence-electron chi connectivity index (χ3n) is 5.04. The molecule has 6 nitrogen and oxygen atoms in total. The normalized spacial score (nSPS) is 12.1. The molecule has 2 N–H and O–H groups in total. The molecule has 1 aliphatic rings. The highest BCUT2D eigenvalue weighted by Gasteiger charge is 2.27. The summed E-state index contributed by atoms with van der Waals surface area (Å²) < 4.78 is 5.46. The Labute approximate surface area is 185 Å². The van der Waals surface area contributed by atoms with Crippen LogP contribution in [0.3, 0.4) is 0 Å². The molecule has 0 aliphatic heterocycles. The molecule has 4 rings (SSSR count). The Hall–Kier alpha value is -3.45. The topological polar surface area (TPSA) is 80.3 Å². The van der Waals surface area contributed by atoms with Crippen LogP contribution in [0.25, 0.3) is 0 Å². The van der Waals surface area contributed by atoms with Gasteiger partial charge in [0.2, 0.25) is 0 Å². The van der Waals surface area contributed by atoms with Crippen molar-refractivity contribution in [2.75, 3.05) is 11.9 Å². The Morgan fingerprint density at radius 1 is 1.16 bits per heavy atom. The second-order valence-corrected chi connectivity index (χ2v) is 8.29. The van der Waals surface area contributed by atoms with Crippen molar-refractivity contribution >= 4 is 28.2 Å². The first-order chi connectivity index (χ1) is 15.2. The zero-order valence-corrected chi connectivity index (χ0v) is 17.8. The van der Waals surface area contributed by atoms with Gasteiger partial charge in [-0.05, 0) is 60.7 Å². The largest absolute Gasteiger partial charge is 0.490 e. The average Bonchev–Trinajstić information content (AvgIpc) is 3.38. The highest BCUT2D eigenvalue weighted by atomic mass is 32.1. The Morgan fingerprint density at radius 3 is 2.74 bits per heavy atom. The number of rotatable bonds is 8. The fraction of sp³-hybridized carbons (Fsp3) is 0.208. The van der Waals surface area contributed by atoms with E-state index in [2.05, 4.69) is 22.2 Å². The van der Waals surface area contributed by atoms with Crippen LogP contribution in [0, 0.1) is 0 Å². The molecule has 31 heavy (non-hydrogen) atoms. The van der Waals surface area contributed by atoms with E-state index < -0.39 is 0 Å². The molecule has 0 saturated heterocycles. The molecule has 2 aromatic heterocycles. The predicted octanol–water partition coefficient (Wildman–Crippen LogP) is 4.38. The van der Waals surface area contributed by atoms with E-state index in [1.165, 1.54) is 16.2 Å². The standard InChI is InChI=1S/C24H23N3O3S/c1-2-13-30-18-10-8-17(9-11-18)22(28)27-24-21(19-6-3-7-20(19)31-24)23(29)26-15-16-5-4-12-25-14-16/h2,4-5,8-12,14H,1,3,6-7,13,15H2,(H,26,29)(H,27,28). The van der Waals surface area contributed by atoms with Crippen LogP contribution in [-0.2, 0) is 19.4 Å². The molecule has 0 unspecified atom stereocenters. The van der Waals surface area contributed by atoms with E-state index in [0.29, 0.717) is 35.0 Å². The van der Waals surface area contributed by atoms with E-state index in [1.807, 2.05) is 12.1 Å². The van der Waals surface area contributed by atoms with Crippen LogP contribution >= 0.6 is 11.3 Å². The number of benzene rings is 1. The molecular formula is C24H23N3O3S. The number of nitrogens with one attached hydrogen (secondary N) is 2. The van der Waals surface area contributed by atoms with Gasteiger partial charge in [-0.25, -0.2) is 0 Å². The molecule has 3 aromatic rings. The molecule has 0 fully saturated rings. The number of thiophene rings is 1. The minimum atomic E-state index is -0.253. The number of carbonyl (C=O) groups is 2. The maximum atomic E-state index is 13.0. The Kier molecular flexibility index (Phi) is 6.43. The Morgan fingerprint density at radius 2 is 2.00 bits per heavy atom. The third-order valence-corrected chi connectivity index (χ3v) is 6.24. The second-order valence-electron chi connectivity index (χ2n) is 7.18. The van der Waals surface area contributed by atoms with Gasteiger partial charge < -0.3 is 15.4 Å². The number of nitrogens with zero attached hydrogens (tertiary/aromatic N) is 1. The van der Waals surface area contributed by atoms with Gasteiger partial charge in [-0.15, -0.1) is 11.3 Å². The number of aryl methyl sites for hydroxylation is 1. The fourth-order valence-electron chi connectivity index (χ4n) is 3.54. The first-order valence-electron chi connectivity index (χ1n) is 10.1. The molecule has 2 heterocycles. The summed E-state index contributed by atoms with van der Waals surface area (Å²) in [4.78, 5) is 31.1. The number of anilines is 1. The zero-order chi connectivity index (χ0) is 21.6. The molecule has 0 saturated carbocycles. The molecule has 1 aliphatic carbocycles. The van der Waals surface area contributed by atoms with Gasteiger partial charge in [0.05, 0.1) is 5.56 Å². The molecule has 0 spiro atoms. The Balaban J connectivity index is 1.50. The van der Waals surface area contributed by atoms with Crippen LogP contribution in [0.4, 0.5) is 5.00 Å². The highest BCUT2D eigenvalue weighted by molar-refractivity contribution is 7.17. The summed E-state index contributed by atoms with van der Waals surface area (Å²) in [7, 11) is 0. The first kappa shape index (κ1) is 20.8. The molecule has 2 amide bonds. The van der Waals surface area contributed by atoms with E-state index in [9.17, 15) is 9.59 Å². The number of ether oxygens (including phenoxy) is 1. The minimum absolute atomic E-state index is 0.174. The summed E-state index contributed by atoms with van der Waals surface area (Å²) >= 11 is 1.49. The van der Waals surface area contributed by atoms with Crippen LogP contribution in [0.5, 0.6) is 5.75 Å². The number of hydrogen-bond donors (Lipinski definition) is 2. The monoisotopic (exact) mass is 433 g/mol. The summed E-state index contributed by atoms with van der Waals surface area (Å²) in [6.07, 6.45) is 7.91. The van der Waals surface area contributed by atoms with Crippen molar-refractivity contribution in [3.63, 3.8) is 0 Å². The minimum Gasteiger partial charge on any atom is -0.490 e. The molecular weight excluding hydrogens is 410 g/mol. The van der Waals surface area contributed by atoms with Crippen molar-refractivity contribution in [2.45, 2.75) is 25.8 Å². The summed E-state index contributed by atoms with van der Waals surface area (Å²) in [6, 6.07) is 10.6. The lowest BCUT2D eigenvalue weighted by Crippen LogP contribution is -2.25. The number of pyridine rings is 1. The van der Waals surface area contributed by atoms with Gasteiger partial charge >= 0.3 is 0 Å². The van der Waals surface area contributed by atoms with Crippen molar-refractivity contribution in [1.29, 1.82) is 0 Å². The van der Waals surface area contributed by atoms with Crippen molar-refractivity contribution in [1.82, 2.24) is 10.3 Å². The van der Waals surface area contributed by atoms with Crippen molar-refractivity contribution in [3.8, 4) is 5.75 Å². The van der Waals surface area contributed by atoms with E-state index in [4.69, 9.17) is 4.74 Å². The van der Waals surface area contributed by atoms with Crippen LogP contribution < -0.4 is 15.4 Å². The molecule has 0 radical (unpaired) electrons. The number of amides is 2. The van der Waals surface area contributed by atoms with Gasteiger partial charge in [-0.1, -0.05) is 18.7 Å². The lowest BCUT2D eigenvalue weighted by molar-refractivity contribution is 0.0951. The molecule has 1 aromatic carbocycles. The van der Waals surface area contributed by atoms with Gasteiger partial charge in [0.1, 0.15) is 17.4 Å². The summed E-state index contributed by atoms with van der Waals surface area (Å²) in [5, 5.41) is 6.51. The van der Waals surface area contributed by atoms with Crippen LogP contribution in [0.15, 0.2) is 61.4 Å². The maximum Gasteiger partial charge on any atom is 0.256 e. The predicted molar refractivity (Wildman–Crippen MR) is 122 cm³/mol. The average molecular weight is 434 g/mol. The van der Waals surface area contributed by atoms with Crippen LogP contribution in [-0.4, -0.2) is 23.4 Å². The van der Waals surface area contributed by atoms with Gasteiger partial charge in [0.15, 0.2) is 0 Å². The van der Waals surface area contributed by atoms with Gasteiger partial charge in [0, 0.05) is 29.4 Å². The number of carbonyl (C=O) groups excluding carboxylic acids is 2. The van der Waals surface area contributed by atoms with E-state index in [-0.39, 0.29) is 11.8 Å². The number of fused-ring (bicyclic) bond motifs is 1. The summed E-state index contributed by atoms with van der Waals surface area (Å²) in [6.45, 7) is 4.41. The van der Waals surface area contributed by atoms with Crippen LogP contribution in [0.1, 0.15) is 43.1 Å². The smallest absolute Gasteiger partial charge is 0.256 e. The van der Waals surface area contributed by atoms with Crippen molar-refractivity contribution < 1.29 is 14.3 Å². The lowest BCUT2D eigenvalue weighted by Gasteiger charge is -2.10. The van der Waals surface area contributed by atoms with Crippen LogP contribution in [0.2, 0.25) is 0 Å². The SMILES string of the molecule is C=CCOc1ccc(C(=O)Nc2sc3c(c2C(=O)NCc2cccnc2)CCC3)cc1.